The summed E-state index contributed by atoms with van der Waals surface area (Å²) in [5, 5.41) is 18.6. The molecule has 0 radical (unpaired) electrons. The molecule has 2 amide bonds. The van der Waals surface area contributed by atoms with Crippen LogP contribution < -0.4 is 10.6 Å². The van der Waals surface area contributed by atoms with E-state index in [0.717, 1.165) is 11.1 Å². The first-order valence-corrected chi connectivity index (χ1v) is 8.84. The molecular formula is C19H22N2O3S. The quantitative estimate of drug-likeness (QED) is 0.666. The molecule has 1 aromatic carbocycles. The van der Waals surface area contributed by atoms with Crippen molar-refractivity contribution in [3.05, 3.63) is 58.3 Å². The number of aliphatic hydroxyl groups is 1. The van der Waals surface area contributed by atoms with Gasteiger partial charge in [-0.2, -0.15) is 11.3 Å². The van der Waals surface area contributed by atoms with Gasteiger partial charge >= 0.3 is 0 Å². The number of hydrogen-bond donors (Lipinski definition) is 3. The van der Waals surface area contributed by atoms with Crippen molar-refractivity contribution in [2.24, 2.45) is 0 Å². The third-order valence-corrected chi connectivity index (χ3v) is 4.13. The minimum atomic E-state index is -0.639. The smallest absolute Gasteiger partial charge is 0.248 e. The summed E-state index contributed by atoms with van der Waals surface area (Å²) in [6.45, 7) is 3.39. The van der Waals surface area contributed by atoms with Gasteiger partial charge in [0.1, 0.15) is 0 Å². The molecule has 0 saturated heterocycles. The van der Waals surface area contributed by atoms with E-state index in [4.69, 9.17) is 0 Å². The highest BCUT2D eigenvalue weighted by atomic mass is 32.1. The molecule has 6 heteroatoms. The van der Waals surface area contributed by atoms with Gasteiger partial charge < -0.3 is 15.7 Å². The fourth-order valence-electron chi connectivity index (χ4n) is 2.08. The summed E-state index contributed by atoms with van der Waals surface area (Å²) in [6.07, 6.45) is 3.46. The zero-order valence-electron chi connectivity index (χ0n) is 14.3. The van der Waals surface area contributed by atoms with Gasteiger partial charge in [-0.1, -0.05) is 12.1 Å². The molecule has 0 fully saturated rings. The molecule has 0 unspecified atom stereocenters. The molecule has 0 bridgehead atoms. The molecule has 25 heavy (non-hydrogen) atoms. The van der Waals surface area contributed by atoms with Crippen molar-refractivity contribution in [1.29, 1.82) is 0 Å². The number of carbonyl (C=O) groups is 2. The van der Waals surface area contributed by atoms with Crippen LogP contribution in [0.25, 0.3) is 6.08 Å². The standard InChI is InChI=1S/C19H22N2O3S/c1-19(2,13-22)21-18(24)11-14-3-6-16(7-4-14)20-17(23)8-5-15-9-10-25-12-15/h3-10,12,22H,11,13H2,1-2H3,(H,20,23)(H,21,24)/b8-5+. The van der Waals surface area contributed by atoms with Crippen LogP contribution in [0, 0.1) is 0 Å². The maximum absolute atomic E-state index is 11.9. The number of hydrogen-bond acceptors (Lipinski definition) is 4. The van der Waals surface area contributed by atoms with Crippen LogP contribution in [0.2, 0.25) is 0 Å². The van der Waals surface area contributed by atoms with Crippen molar-refractivity contribution < 1.29 is 14.7 Å². The molecule has 0 spiro atoms. The SMILES string of the molecule is CC(C)(CO)NC(=O)Cc1ccc(NC(=O)/C=C/c2ccsc2)cc1. The third-order valence-electron chi connectivity index (χ3n) is 3.43. The molecule has 132 valence electrons. The molecule has 1 aromatic heterocycles. The molecule has 1 heterocycles. The van der Waals surface area contributed by atoms with Crippen LogP contribution in [0.1, 0.15) is 25.0 Å². The maximum Gasteiger partial charge on any atom is 0.248 e. The van der Waals surface area contributed by atoms with Gasteiger partial charge in [-0.3, -0.25) is 9.59 Å². The van der Waals surface area contributed by atoms with Crippen LogP contribution in [-0.4, -0.2) is 29.1 Å². The van der Waals surface area contributed by atoms with Crippen molar-refractivity contribution in [3.8, 4) is 0 Å². The first kappa shape index (κ1) is 18.9. The molecule has 2 aromatic rings. The summed E-state index contributed by atoms with van der Waals surface area (Å²) < 4.78 is 0. The Morgan fingerprint density at radius 1 is 1.20 bits per heavy atom. The van der Waals surface area contributed by atoms with Crippen LogP contribution in [0.15, 0.2) is 47.2 Å². The first-order chi connectivity index (χ1) is 11.9. The summed E-state index contributed by atoms with van der Waals surface area (Å²) in [7, 11) is 0. The zero-order valence-corrected chi connectivity index (χ0v) is 15.1. The second-order valence-electron chi connectivity index (χ2n) is 6.34. The maximum atomic E-state index is 11.9. The van der Waals surface area contributed by atoms with Crippen LogP contribution >= 0.6 is 11.3 Å². The molecule has 0 aliphatic carbocycles. The Morgan fingerprint density at radius 3 is 2.52 bits per heavy atom. The molecular weight excluding hydrogens is 336 g/mol. The number of aliphatic hydroxyl groups excluding tert-OH is 1. The van der Waals surface area contributed by atoms with Gasteiger partial charge in [0.15, 0.2) is 0 Å². The first-order valence-electron chi connectivity index (χ1n) is 7.90. The number of thiophene rings is 1. The molecule has 3 N–H and O–H groups in total. The zero-order chi connectivity index (χ0) is 18.3. The predicted octanol–water partition coefficient (Wildman–Crippen LogP) is 2.83. The van der Waals surface area contributed by atoms with Gasteiger partial charge in [-0.15, -0.1) is 0 Å². The second-order valence-corrected chi connectivity index (χ2v) is 7.12. The van der Waals surface area contributed by atoms with Crippen molar-refractivity contribution in [1.82, 2.24) is 5.32 Å². The lowest BCUT2D eigenvalue weighted by Gasteiger charge is -2.23. The fourth-order valence-corrected chi connectivity index (χ4v) is 2.71. The molecule has 0 saturated carbocycles. The molecule has 0 aliphatic rings. The summed E-state index contributed by atoms with van der Waals surface area (Å²) in [6, 6.07) is 9.05. The number of benzene rings is 1. The van der Waals surface area contributed by atoms with E-state index in [0.29, 0.717) is 5.69 Å². The van der Waals surface area contributed by atoms with Crippen molar-refractivity contribution in [2.45, 2.75) is 25.8 Å². The number of carbonyl (C=O) groups excluding carboxylic acids is 2. The molecule has 5 nitrogen and oxygen atoms in total. The Hall–Kier alpha value is -2.44. The minimum Gasteiger partial charge on any atom is -0.394 e. The third kappa shape index (κ3) is 6.52. The average molecular weight is 358 g/mol. The van der Waals surface area contributed by atoms with Crippen LogP contribution in [0.5, 0.6) is 0 Å². The van der Waals surface area contributed by atoms with Gasteiger partial charge in [0.25, 0.3) is 0 Å². The lowest BCUT2D eigenvalue weighted by Crippen LogP contribution is -2.46. The normalized spacial score (nSPS) is 11.5. The summed E-state index contributed by atoms with van der Waals surface area (Å²) >= 11 is 1.58. The average Bonchev–Trinajstić information content (AvgIpc) is 3.08. The fraction of sp³-hybridized carbons (Fsp3) is 0.263. The Morgan fingerprint density at radius 2 is 1.92 bits per heavy atom. The topological polar surface area (TPSA) is 78.4 Å². The van der Waals surface area contributed by atoms with Crippen LogP contribution in [-0.2, 0) is 16.0 Å². The Bertz CT molecular complexity index is 735. The highest BCUT2D eigenvalue weighted by molar-refractivity contribution is 7.08. The minimum absolute atomic E-state index is 0.122. The van der Waals surface area contributed by atoms with E-state index in [1.165, 1.54) is 6.08 Å². The van der Waals surface area contributed by atoms with Gasteiger partial charge in [0.2, 0.25) is 11.8 Å². The van der Waals surface area contributed by atoms with E-state index < -0.39 is 5.54 Å². The van der Waals surface area contributed by atoms with Crippen LogP contribution in [0.4, 0.5) is 5.69 Å². The monoisotopic (exact) mass is 358 g/mol. The van der Waals surface area contributed by atoms with E-state index in [9.17, 15) is 14.7 Å². The van der Waals surface area contributed by atoms with Crippen molar-refractivity contribution in [2.75, 3.05) is 11.9 Å². The van der Waals surface area contributed by atoms with E-state index in [2.05, 4.69) is 10.6 Å². The summed E-state index contributed by atoms with van der Waals surface area (Å²) in [5.74, 6) is -0.365. The largest absolute Gasteiger partial charge is 0.394 e. The van der Waals surface area contributed by atoms with Gasteiger partial charge in [0, 0.05) is 11.8 Å². The lowest BCUT2D eigenvalue weighted by molar-refractivity contribution is -0.122. The number of nitrogens with one attached hydrogen (secondary N) is 2. The highest BCUT2D eigenvalue weighted by Gasteiger charge is 2.18. The number of rotatable bonds is 7. The predicted molar refractivity (Wildman–Crippen MR) is 101 cm³/mol. The Balaban J connectivity index is 1.87. The van der Waals surface area contributed by atoms with Crippen LogP contribution in [0.3, 0.4) is 0 Å². The molecule has 2 rings (SSSR count). The van der Waals surface area contributed by atoms with Gasteiger partial charge in [-0.05, 0) is 60.0 Å². The Kier molecular flexibility index (Phi) is 6.50. The van der Waals surface area contributed by atoms with Crippen molar-refractivity contribution >= 4 is 34.9 Å². The van der Waals surface area contributed by atoms with Gasteiger partial charge in [0.05, 0.1) is 18.6 Å². The highest BCUT2D eigenvalue weighted by Crippen LogP contribution is 2.12. The second kappa shape index (κ2) is 8.60. The van der Waals surface area contributed by atoms with E-state index in [1.807, 2.05) is 16.8 Å². The summed E-state index contributed by atoms with van der Waals surface area (Å²) in [5.41, 5.74) is 1.85. The van der Waals surface area contributed by atoms with E-state index >= 15 is 0 Å². The molecule has 0 atom stereocenters. The number of anilines is 1. The van der Waals surface area contributed by atoms with Crippen molar-refractivity contribution in [3.63, 3.8) is 0 Å². The Labute approximate surface area is 151 Å². The summed E-state index contributed by atoms with van der Waals surface area (Å²) in [4.78, 5) is 23.8. The van der Waals surface area contributed by atoms with Gasteiger partial charge in [-0.25, -0.2) is 0 Å². The number of amides is 2. The van der Waals surface area contributed by atoms with E-state index in [1.54, 1.807) is 55.5 Å². The van der Waals surface area contributed by atoms with E-state index in [-0.39, 0.29) is 24.8 Å². The lowest BCUT2D eigenvalue weighted by atomic mass is 10.1. The molecule has 0 aliphatic heterocycles.